The molecule has 38 heavy (non-hydrogen) atoms. The number of piperidine rings is 1. The van der Waals surface area contributed by atoms with Crippen molar-refractivity contribution in [2.75, 3.05) is 23.7 Å². The minimum Gasteiger partial charge on any atom is -0.322 e. The van der Waals surface area contributed by atoms with Gasteiger partial charge in [-0.1, -0.05) is 51.5 Å². The molecular weight excluding hydrogens is 498 g/mol. The van der Waals surface area contributed by atoms with Crippen LogP contribution in [0.5, 0.6) is 0 Å². The van der Waals surface area contributed by atoms with Crippen LogP contribution in [0.2, 0.25) is 0 Å². The van der Waals surface area contributed by atoms with E-state index in [-0.39, 0.29) is 21.8 Å². The zero-order valence-electron chi connectivity index (χ0n) is 22.4. The number of amides is 2. The maximum Gasteiger partial charge on any atom is 0.255 e. The minimum atomic E-state index is -3.67. The van der Waals surface area contributed by atoms with Crippen LogP contribution in [0.3, 0.4) is 0 Å². The second-order valence-corrected chi connectivity index (χ2v) is 12.7. The third kappa shape index (κ3) is 6.31. The molecular formula is C30H35N3O4S. The molecule has 1 saturated heterocycles. The normalized spacial score (nSPS) is 14.6. The highest BCUT2D eigenvalue weighted by Gasteiger charge is 2.28. The van der Waals surface area contributed by atoms with Gasteiger partial charge in [0.2, 0.25) is 10.0 Å². The van der Waals surface area contributed by atoms with Gasteiger partial charge in [-0.3, -0.25) is 9.59 Å². The molecule has 0 aliphatic carbocycles. The fourth-order valence-electron chi connectivity index (χ4n) is 4.47. The van der Waals surface area contributed by atoms with Gasteiger partial charge in [-0.05, 0) is 78.8 Å². The summed E-state index contributed by atoms with van der Waals surface area (Å²) in [5.74, 6) is -0.679. The number of benzene rings is 3. The smallest absolute Gasteiger partial charge is 0.255 e. The van der Waals surface area contributed by atoms with Crippen LogP contribution in [0.4, 0.5) is 11.4 Å². The van der Waals surface area contributed by atoms with Gasteiger partial charge in [0.25, 0.3) is 11.8 Å². The van der Waals surface area contributed by atoms with Gasteiger partial charge in [0.1, 0.15) is 0 Å². The average molecular weight is 534 g/mol. The number of nitrogens with one attached hydrogen (secondary N) is 2. The molecule has 1 aliphatic rings. The number of hydrogen-bond donors (Lipinski definition) is 2. The standard InChI is InChI=1S/C30H35N3O4S/c1-21-11-12-23(19-27(21)38(36,37)33-17-6-5-7-18-33)29(35)32-26-10-8-9-25(20-26)31-28(34)22-13-15-24(16-14-22)30(2,3)4/h8-16,19-20H,5-7,17-18H2,1-4H3,(H,31,34)(H,32,35). The van der Waals surface area contributed by atoms with Crippen LogP contribution < -0.4 is 10.6 Å². The van der Waals surface area contributed by atoms with Gasteiger partial charge in [-0.2, -0.15) is 4.31 Å². The van der Waals surface area contributed by atoms with Gasteiger partial charge >= 0.3 is 0 Å². The summed E-state index contributed by atoms with van der Waals surface area (Å²) in [6.45, 7) is 9.09. The first kappa shape index (κ1) is 27.5. The Labute approximate surface area is 225 Å². The molecule has 1 heterocycles. The molecule has 0 bridgehead atoms. The van der Waals surface area contributed by atoms with Crippen molar-refractivity contribution in [1.29, 1.82) is 0 Å². The molecule has 0 spiro atoms. The molecule has 0 atom stereocenters. The van der Waals surface area contributed by atoms with Crippen molar-refractivity contribution in [3.05, 3.63) is 89.0 Å². The molecule has 8 heteroatoms. The van der Waals surface area contributed by atoms with E-state index in [0.29, 0.717) is 35.6 Å². The summed E-state index contributed by atoms with van der Waals surface area (Å²) in [4.78, 5) is 26.0. The first-order chi connectivity index (χ1) is 17.9. The van der Waals surface area contributed by atoms with Gasteiger partial charge in [-0.15, -0.1) is 0 Å². The van der Waals surface area contributed by atoms with Crippen LogP contribution in [0.25, 0.3) is 0 Å². The monoisotopic (exact) mass is 533 g/mol. The number of carbonyl (C=O) groups excluding carboxylic acids is 2. The van der Waals surface area contributed by atoms with Crippen LogP contribution in [0, 0.1) is 6.92 Å². The Kier molecular flexibility index (Phi) is 8.04. The third-order valence-corrected chi connectivity index (χ3v) is 8.82. The van der Waals surface area contributed by atoms with E-state index < -0.39 is 15.9 Å². The highest BCUT2D eigenvalue weighted by atomic mass is 32.2. The largest absolute Gasteiger partial charge is 0.322 e. The van der Waals surface area contributed by atoms with E-state index in [1.54, 1.807) is 55.5 Å². The predicted molar refractivity (Wildman–Crippen MR) is 151 cm³/mol. The molecule has 7 nitrogen and oxygen atoms in total. The number of aryl methyl sites for hydroxylation is 1. The van der Waals surface area contributed by atoms with E-state index >= 15 is 0 Å². The van der Waals surface area contributed by atoms with Crippen LogP contribution in [-0.2, 0) is 15.4 Å². The van der Waals surface area contributed by atoms with Crippen molar-refractivity contribution in [3.63, 3.8) is 0 Å². The minimum absolute atomic E-state index is 0.00249. The predicted octanol–water partition coefficient (Wildman–Crippen LogP) is 5.97. The zero-order chi connectivity index (χ0) is 27.5. The van der Waals surface area contributed by atoms with E-state index in [2.05, 4.69) is 31.4 Å². The van der Waals surface area contributed by atoms with E-state index in [9.17, 15) is 18.0 Å². The summed E-state index contributed by atoms with van der Waals surface area (Å²) in [5, 5.41) is 5.68. The summed E-state index contributed by atoms with van der Waals surface area (Å²) in [7, 11) is -3.67. The summed E-state index contributed by atoms with van der Waals surface area (Å²) < 4.78 is 28.0. The first-order valence-corrected chi connectivity index (χ1v) is 14.3. The fourth-order valence-corrected chi connectivity index (χ4v) is 6.23. The number of nitrogens with zero attached hydrogens (tertiary/aromatic N) is 1. The molecule has 2 N–H and O–H groups in total. The highest BCUT2D eigenvalue weighted by Crippen LogP contribution is 2.26. The van der Waals surface area contributed by atoms with Gasteiger partial charge in [-0.25, -0.2) is 8.42 Å². The number of carbonyl (C=O) groups is 2. The molecule has 200 valence electrons. The number of anilines is 2. The Balaban J connectivity index is 1.47. The molecule has 4 rings (SSSR count). The van der Waals surface area contributed by atoms with Crippen molar-refractivity contribution >= 4 is 33.2 Å². The van der Waals surface area contributed by atoms with Crippen molar-refractivity contribution in [1.82, 2.24) is 4.31 Å². The topological polar surface area (TPSA) is 95.6 Å². The van der Waals surface area contributed by atoms with Gasteiger partial charge < -0.3 is 10.6 Å². The Hall–Kier alpha value is -3.49. The number of sulfonamides is 1. The average Bonchev–Trinajstić information content (AvgIpc) is 2.89. The van der Waals surface area contributed by atoms with Gasteiger partial charge in [0.15, 0.2) is 0 Å². The highest BCUT2D eigenvalue weighted by molar-refractivity contribution is 7.89. The van der Waals surface area contributed by atoms with Crippen molar-refractivity contribution in [2.45, 2.75) is 57.3 Å². The lowest BCUT2D eigenvalue weighted by molar-refractivity contribution is 0.101. The molecule has 3 aromatic rings. The molecule has 2 amide bonds. The van der Waals surface area contributed by atoms with Gasteiger partial charge in [0, 0.05) is 35.6 Å². The van der Waals surface area contributed by atoms with E-state index in [1.165, 1.54) is 10.4 Å². The maximum atomic E-state index is 13.2. The molecule has 3 aromatic carbocycles. The maximum absolute atomic E-state index is 13.2. The van der Waals surface area contributed by atoms with Crippen LogP contribution in [0.1, 0.15) is 71.9 Å². The quantitative estimate of drug-likeness (QED) is 0.408. The fraction of sp³-hybridized carbons (Fsp3) is 0.333. The summed E-state index contributed by atoms with van der Waals surface area (Å²) in [6, 6.07) is 19.1. The van der Waals surface area contributed by atoms with Crippen LogP contribution >= 0.6 is 0 Å². The lowest BCUT2D eigenvalue weighted by atomic mass is 9.87. The Morgan fingerprint density at radius 2 is 1.32 bits per heavy atom. The lowest BCUT2D eigenvalue weighted by Gasteiger charge is -2.26. The molecule has 1 fully saturated rings. The molecule has 0 unspecified atom stereocenters. The van der Waals surface area contributed by atoms with Crippen molar-refractivity contribution in [2.24, 2.45) is 0 Å². The summed E-state index contributed by atoms with van der Waals surface area (Å²) in [5.41, 5.74) is 3.54. The Morgan fingerprint density at radius 3 is 1.89 bits per heavy atom. The van der Waals surface area contributed by atoms with Crippen LogP contribution in [-0.4, -0.2) is 37.6 Å². The molecule has 0 aromatic heterocycles. The molecule has 0 saturated carbocycles. The summed E-state index contributed by atoms with van der Waals surface area (Å²) in [6.07, 6.45) is 2.71. The summed E-state index contributed by atoms with van der Waals surface area (Å²) >= 11 is 0. The molecule has 0 radical (unpaired) electrons. The van der Waals surface area contributed by atoms with Gasteiger partial charge in [0.05, 0.1) is 4.90 Å². The SMILES string of the molecule is Cc1ccc(C(=O)Nc2cccc(NC(=O)c3ccc(C(C)(C)C)cc3)c2)cc1S(=O)(=O)N1CCCCC1. The van der Waals surface area contributed by atoms with Crippen LogP contribution in [0.15, 0.2) is 71.6 Å². The van der Waals surface area contributed by atoms with E-state index in [4.69, 9.17) is 0 Å². The van der Waals surface area contributed by atoms with E-state index in [0.717, 1.165) is 24.8 Å². The van der Waals surface area contributed by atoms with Crippen molar-refractivity contribution in [3.8, 4) is 0 Å². The lowest BCUT2D eigenvalue weighted by Crippen LogP contribution is -2.36. The Morgan fingerprint density at radius 1 is 0.763 bits per heavy atom. The first-order valence-electron chi connectivity index (χ1n) is 12.9. The van der Waals surface area contributed by atoms with E-state index in [1.807, 2.05) is 12.1 Å². The number of hydrogen-bond acceptors (Lipinski definition) is 4. The van der Waals surface area contributed by atoms with Crippen molar-refractivity contribution < 1.29 is 18.0 Å². The zero-order valence-corrected chi connectivity index (χ0v) is 23.2. The Bertz CT molecular complexity index is 1440. The second kappa shape index (κ2) is 11.1. The number of rotatable bonds is 6. The second-order valence-electron chi connectivity index (χ2n) is 10.8. The molecule has 1 aliphatic heterocycles. The third-order valence-electron chi connectivity index (χ3n) is 6.77.